The van der Waals surface area contributed by atoms with Crippen molar-refractivity contribution in [3.63, 3.8) is 0 Å². The number of hydrogen-bond acceptors (Lipinski definition) is 2. The van der Waals surface area contributed by atoms with E-state index in [1.54, 1.807) is 0 Å². The molecule has 3 aromatic carbocycles. The molecule has 0 saturated heterocycles. The molecule has 2 heteroatoms. The van der Waals surface area contributed by atoms with Gasteiger partial charge in [0.15, 0.2) is 12.6 Å². The standard InChI is InChI=1S/C17H12O2/c1-11-6-7-14-15(8-11)17(10-19)13-5-3-2-4-12(13)16(14)9-18/h2-10H,1H3. The van der Waals surface area contributed by atoms with E-state index in [4.69, 9.17) is 0 Å². The summed E-state index contributed by atoms with van der Waals surface area (Å²) < 4.78 is 0. The molecule has 0 bridgehead atoms. The summed E-state index contributed by atoms with van der Waals surface area (Å²) in [6.07, 6.45) is 1.74. The number of aldehydes is 2. The molecule has 0 atom stereocenters. The van der Waals surface area contributed by atoms with Gasteiger partial charge in [-0.2, -0.15) is 0 Å². The Balaban J connectivity index is 2.68. The van der Waals surface area contributed by atoms with Gasteiger partial charge >= 0.3 is 0 Å². The SMILES string of the molecule is Cc1ccc2c(C=O)c3ccccc3c(C=O)c2c1. The topological polar surface area (TPSA) is 34.1 Å². The first-order valence-electron chi connectivity index (χ1n) is 6.11. The predicted octanol–water partition coefficient (Wildman–Crippen LogP) is 3.93. The first-order valence-corrected chi connectivity index (χ1v) is 6.11. The fraction of sp³-hybridized carbons (Fsp3) is 0.0588. The lowest BCUT2D eigenvalue weighted by atomic mass is 9.92. The van der Waals surface area contributed by atoms with E-state index in [1.165, 1.54) is 0 Å². The van der Waals surface area contributed by atoms with Crippen molar-refractivity contribution in [1.82, 2.24) is 0 Å². The van der Waals surface area contributed by atoms with Crippen molar-refractivity contribution in [2.24, 2.45) is 0 Å². The van der Waals surface area contributed by atoms with Gasteiger partial charge in [-0.05, 0) is 28.5 Å². The second kappa shape index (κ2) is 4.32. The van der Waals surface area contributed by atoms with Crippen molar-refractivity contribution in [2.75, 3.05) is 0 Å². The van der Waals surface area contributed by atoms with E-state index in [1.807, 2.05) is 49.4 Å². The van der Waals surface area contributed by atoms with Crippen LogP contribution in [0.5, 0.6) is 0 Å². The van der Waals surface area contributed by atoms with E-state index < -0.39 is 0 Å². The first-order chi connectivity index (χ1) is 9.26. The summed E-state index contributed by atoms with van der Waals surface area (Å²) in [6.45, 7) is 1.98. The number of fused-ring (bicyclic) bond motifs is 2. The van der Waals surface area contributed by atoms with Crippen LogP contribution in [0, 0.1) is 6.92 Å². The molecule has 0 aromatic heterocycles. The van der Waals surface area contributed by atoms with Crippen molar-refractivity contribution >= 4 is 34.1 Å². The van der Waals surface area contributed by atoms with E-state index in [0.717, 1.165) is 39.7 Å². The summed E-state index contributed by atoms with van der Waals surface area (Å²) in [7, 11) is 0. The maximum Gasteiger partial charge on any atom is 0.151 e. The maximum absolute atomic E-state index is 11.5. The monoisotopic (exact) mass is 248 g/mol. The smallest absolute Gasteiger partial charge is 0.151 e. The van der Waals surface area contributed by atoms with Crippen molar-refractivity contribution in [2.45, 2.75) is 6.92 Å². The van der Waals surface area contributed by atoms with Crippen molar-refractivity contribution < 1.29 is 9.59 Å². The second-order valence-electron chi connectivity index (χ2n) is 4.66. The summed E-state index contributed by atoms with van der Waals surface area (Å²) in [6, 6.07) is 13.3. The van der Waals surface area contributed by atoms with E-state index in [9.17, 15) is 9.59 Å². The van der Waals surface area contributed by atoms with E-state index in [0.29, 0.717) is 11.1 Å². The molecule has 0 aliphatic rings. The van der Waals surface area contributed by atoms with Crippen LogP contribution in [0.25, 0.3) is 21.5 Å². The van der Waals surface area contributed by atoms with Gasteiger partial charge in [0.25, 0.3) is 0 Å². The third kappa shape index (κ3) is 1.65. The van der Waals surface area contributed by atoms with Crippen LogP contribution >= 0.6 is 0 Å². The highest BCUT2D eigenvalue weighted by atomic mass is 16.1. The maximum atomic E-state index is 11.5. The summed E-state index contributed by atoms with van der Waals surface area (Å²) >= 11 is 0. The summed E-state index contributed by atoms with van der Waals surface area (Å²) in [5, 5.41) is 3.34. The Bertz CT molecular complexity index is 816. The Morgan fingerprint density at radius 2 is 1.26 bits per heavy atom. The highest BCUT2D eigenvalue weighted by molar-refractivity contribution is 6.20. The van der Waals surface area contributed by atoms with Crippen LogP contribution in [-0.2, 0) is 0 Å². The fourth-order valence-electron chi connectivity index (χ4n) is 2.61. The molecule has 92 valence electrons. The zero-order valence-electron chi connectivity index (χ0n) is 10.5. The zero-order valence-corrected chi connectivity index (χ0v) is 10.5. The lowest BCUT2D eigenvalue weighted by molar-refractivity contribution is 0.111. The fourth-order valence-corrected chi connectivity index (χ4v) is 2.61. The number of benzene rings is 3. The van der Waals surface area contributed by atoms with Crippen LogP contribution in [-0.4, -0.2) is 12.6 Å². The van der Waals surface area contributed by atoms with Crippen molar-refractivity contribution in [3.8, 4) is 0 Å². The molecule has 0 aliphatic heterocycles. The number of rotatable bonds is 2. The van der Waals surface area contributed by atoms with Crippen molar-refractivity contribution in [3.05, 3.63) is 59.2 Å². The minimum Gasteiger partial charge on any atom is -0.298 e. The van der Waals surface area contributed by atoms with Gasteiger partial charge in [-0.15, -0.1) is 0 Å². The first kappa shape index (κ1) is 11.6. The quantitative estimate of drug-likeness (QED) is 0.508. The number of hydrogen-bond donors (Lipinski definition) is 0. The number of carbonyl (C=O) groups is 2. The summed E-state index contributed by atoms with van der Waals surface area (Å²) in [5.74, 6) is 0. The molecule has 0 unspecified atom stereocenters. The molecule has 3 aromatic rings. The van der Waals surface area contributed by atoms with Gasteiger partial charge < -0.3 is 0 Å². The highest BCUT2D eigenvalue weighted by Crippen LogP contribution is 2.31. The second-order valence-corrected chi connectivity index (χ2v) is 4.66. The molecule has 0 amide bonds. The highest BCUT2D eigenvalue weighted by Gasteiger charge is 2.12. The van der Waals surface area contributed by atoms with Gasteiger partial charge in [0, 0.05) is 11.1 Å². The Morgan fingerprint density at radius 1 is 0.737 bits per heavy atom. The summed E-state index contributed by atoms with van der Waals surface area (Å²) in [4.78, 5) is 22.9. The van der Waals surface area contributed by atoms with E-state index in [2.05, 4.69) is 0 Å². The van der Waals surface area contributed by atoms with Crippen LogP contribution in [0.15, 0.2) is 42.5 Å². The summed E-state index contributed by atoms with van der Waals surface area (Å²) in [5.41, 5.74) is 2.37. The number of carbonyl (C=O) groups excluding carboxylic acids is 2. The lowest BCUT2D eigenvalue weighted by Crippen LogP contribution is -1.94. The van der Waals surface area contributed by atoms with Crippen LogP contribution in [0.3, 0.4) is 0 Å². The van der Waals surface area contributed by atoms with Crippen molar-refractivity contribution in [1.29, 1.82) is 0 Å². The van der Waals surface area contributed by atoms with Gasteiger partial charge in [-0.3, -0.25) is 9.59 Å². The normalized spacial score (nSPS) is 10.8. The Labute approximate surface area is 110 Å². The zero-order chi connectivity index (χ0) is 13.4. The molecule has 3 rings (SSSR count). The number of aryl methyl sites for hydroxylation is 1. The molecule has 0 heterocycles. The third-order valence-electron chi connectivity index (χ3n) is 3.50. The largest absolute Gasteiger partial charge is 0.298 e. The average molecular weight is 248 g/mol. The van der Waals surface area contributed by atoms with E-state index >= 15 is 0 Å². The van der Waals surface area contributed by atoms with Gasteiger partial charge in [-0.1, -0.05) is 48.0 Å². The minimum atomic E-state index is 0.649. The van der Waals surface area contributed by atoms with Gasteiger partial charge in [0.05, 0.1) is 0 Å². The Hall–Kier alpha value is -2.48. The average Bonchev–Trinajstić information content (AvgIpc) is 2.44. The van der Waals surface area contributed by atoms with Crippen LogP contribution in [0.1, 0.15) is 26.3 Å². The molecule has 0 saturated carbocycles. The van der Waals surface area contributed by atoms with Crippen LogP contribution in [0.4, 0.5) is 0 Å². The van der Waals surface area contributed by atoms with Gasteiger partial charge in [0.1, 0.15) is 0 Å². The Kier molecular flexibility index (Phi) is 2.64. The molecule has 2 nitrogen and oxygen atoms in total. The molecular weight excluding hydrogens is 236 g/mol. The van der Waals surface area contributed by atoms with Gasteiger partial charge in [0.2, 0.25) is 0 Å². The molecule has 19 heavy (non-hydrogen) atoms. The molecule has 0 spiro atoms. The predicted molar refractivity (Wildman–Crippen MR) is 77.0 cm³/mol. The third-order valence-corrected chi connectivity index (χ3v) is 3.50. The molecule has 0 fully saturated rings. The van der Waals surface area contributed by atoms with Gasteiger partial charge in [-0.25, -0.2) is 0 Å². The molecule has 0 radical (unpaired) electrons. The van der Waals surface area contributed by atoms with E-state index in [-0.39, 0.29) is 0 Å². The molecule has 0 aliphatic carbocycles. The minimum absolute atomic E-state index is 0.649. The Morgan fingerprint density at radius 3 is 1.84 bits per heavy atom. The van der Waals surface area contributed by atoms with Crippen LogP contribution in [0.2, 0.25) is 0 Å². The molecular formula is C17H12O2. The molecule has 0 N–H and O–H groups in total. The van der Waals surface area contributed by atoms with Crippen LogP contribution < -0.4 is 0 Å². The lowest BCUT2D eigenvalue weighted by Gasteiger charge is -2.10.